The molecule has 0 unspecified atom stereocenters. The summed E-state index contributed by atoms with van der Waals surface area (Å²) < 4.78 is 0. The summed E-state index contributed by atoms with van der Waals surface area (Å²) in [6.07, 6.45) is 46.6. The molecule has 1 heteroatoms. The molecule has 0 aromatic heterocycles. The van der Waals surface area contributed by atoms with Crippen molar-refractivity contribution in [2.75, 3.05) is 13.1 Å². The first-order chi connectivity index (χ1) is 19.3. The maximum absolute atomic E-state index is 2.59. The lowest BCUT2D eigenvalue weighted by atomic mass is 10.0. The molecule has 1 radical (unpaired) electrons. The van der Waals surface area contributed by atoms with Gasteiger partial charge in [0.25, 0.3) is 0 Å². The molecule has 0 aromatic carbocycles. The van der Waals surface area contributed by atoms with Crippen molar-refractivity contribution < 1.29 is 0 Å². The number of hydrogen-bond donors (Lipinski definition) is 0. The zero-order valence-electron chi connectivity index (χ0n) is 28.1. The lowest BCUT2D eigenvalue weighted by Crippen LogP contribution is -2.22. The van der Waals surface area contributed by atoms with Crippen LogP contribution in [0.1, 0.15) is 226 Å². The molecule has 0 atom stereocenters. The minimum Gasteiger partial charge on any atom is -0.299 e. The quantitative estimate of drug-likeness (QED) is 0.0712. The number of nitrogens with zero attached hydrogens (tertiary/aromatic N) is 1. The Hall–Kier alpha value is -0.0400. The second-order valence-electron chi connectivity index (χ2n) is 12.9. The molecule has 0 aliphatic rings. The van der Waals surface area contributed by atoms with Crippen LogP contribution in [0.5, 0.6) is 0 Å². The third-order valence-corrected chi connectivity index (χ3v) is 8.96. The van der Waals surface area contributed by atoms with Crippen LogP contribution >= 0.6 is 0 Å². The number of hydrogen-bond acceptors (Lipinski definition) is 1. The van der Waals surface area contributed by atoms with Crippen LogP contribution in [0.15, 0.2) is 0 Å². The molecule has 0 saturated heterocycles. The average molecular weight is 549 g/mol. The smallest absolute Gasteiger partial charge is 0.0220 e. The van der Waals surface area contributed by atoms with Gasteiger partial charge in [0.2, 0.25) is 0 Å². The van der Waals surface area contributed by atoms with Crippen LogP contribution in [0, 0.1) is 6.54 Å². The van der Waals surface area contributed by atoms with E-state index in [9.17, 15) is 0 Å². The van der Waals surface area contributed by atoms with Crippen LogP contribution in [0.3, 0.4) is 0 Å². The van der Waals surface area contributed by atoms with E-state index in [0.29, 0.717) is 0 Å². The summed E-state index contributed by atoms with van der Waals surface area (Å²) in [4.78, 5) is 2.59. The Bertz CT molecular complexity index is 370. The highest BCUT2D eigenvalue weighted by Gasteiger charge is 2.03. The Balaban J connectivity index is 3.25. The van der Waals surface area contributed by atoms with E-state index in [0.717, 1.165) is 0 Å². The third kappa shape index (κ3) is 34.1. The van der Waals surface area contributed by atoms with Gasteiger partial charge in [-0.2, -0.15) is 0 Å². The van der Waals surface area contributed by atoms with Gasteiger partial charge >= 0.3 is 0 Å². The summed E-state index contributed by atoms with van der Waals surface area (Å²) in [7, 11) is 0. The van der Waals surface area contributed by atoms with E-state index in [1.54, 1.807) is 0 Å². The summed E-state index contributed by atoms with van der Waals surface area (Å²) in [5, 5.41) is 0. The normalized spacial score (nSPS) is 11.7. The van der Waals surface area contributed by atoms with Crippen molar-refractivity contribution in [1.82, 2.24) is 4.90 Å². The molecule has 1 nitrogen and oxygen atoms in total. The van der Waals surface area contributed by atoms with Gasteiger partial charge < -0.3 is 0 Å². The van der Waals surface area contributed by atoms with Gasteiger partial charge in [-0.25, -0.2) is 0 Å². The van der Waals surface area contributed by atoms with Gasteiger partial charge in [-0.15, -0.1) is 0 Å². The highest BCUT2D eigenvalue weighted by Crippen LogP contribution is 2.16. The zero-order valence-corrected chi connectivity index (χ0v) is 28.1. The van der Waals surface area contributed by atoms with Crippen LogP contribution in [0.2, 0.25) is 0 Å². The predicted molar refractivity (Wildman–Crippen MR) is 181 cm³/mol. The number of unbranched alkanes of at least 4 members (excludes halogenated alkanes) is 30. The first-order valence-corrected chi connectivity index (χ1v) is 18.9. The topological polar surface area (TPSA) is 3.24 Å². The van der Waals surface area contributed by atoms with Gasteiger partial charge in [-0.3, -0.25) is 4.90 Å². The van der Waals surface area contributed by atoms with E-state index in [1.165, 1.54) is 219 Å². The zero-order chi connectivity index (χ0) is 28.3. The van der Waals surface area contributed by atoms with Crippen LogP contribution in [0.25, 0.3) is 0 Å². The summed E-state index contributed by atoms with van der Waals surface area (Å²) >= 11 is 0. The molecular weight excluding hydrogens is 470 g/mol. The second-order valence-corrected chi connectivity index (χ2v) is 12.9. The lowest BCUT2D eigenvalue weighted by Gasteiger charge is -2.19. The van der Waals surface area contributed by atoms with Crippen molar-refractivity contribution in [3.63, 3.8) is 0 Å². The first-order valence-electron chi connectivity index (χ1n) is 18.9. The van der Waals surface area contributed by atoms with E-state index >= 15 is 0 Å². The molecule has 0 aliphatic heterocycles. The van der Waals surface area contributed by atoms with Gasteiger partial charge in [0, 0.05) is 6.54 Å². The van der Waals surface area contributed by atoms with E-state index in [4.69, 9.17) is 0 Å². The van der Waals surface area contributed by atoms with Crippen molar-refractivity contribution in [2.24, 2.45) is 0 Å². The largest absolute Gasteiger partial charge is 0.299 e. The Labute approximate surface area is 250 Å². The molecule has 0 fully saturated rings. The van der Waals surface area contributed by atoms with E-state index in [1.807, 2.05) is 0 Å². The fourth-order valence-corrected chi connectivity index (χ4v) is 6.10. The first kappa shape index (κ1) is 39.0. The molecule has 0 aromatic rings. The fourth-order valence-electron chi connectivity index (χ4n) is 6.10. The van der Waals surface area contributed by atoms with E-state index < -0.39 is 0 Å². The van der Waals surface area contributed by atoms with Crippen LogP contribution in [-0.2, 0) is 0 Å². The SMILES string of the molecule is C[CH]N(CCCCCCCCCCCCCCCCCC)CCCCCCCCCCCCCCCCCC. The molecule has 0 bridgehead atoms. The molecule has 0 saturated carbocycles. The standard InChI is InChI=1S/C38H78N/c1-4-7-9-11-13-15-17-19-21-23-25-27-29-31-33-35-37-39(6-3)38-36-34-32-30-28-26-24-22-20-18-16-14-12-10-8-5-2/h6H,4-5,7-38H2,1-3H3. The molecule has 235 valence electrons. The van der Waals surface area contributed by atoms with E-state index in [2.05, 4.69) is 32.2 Å². The van der Waals surface area contributed by atoms with E-state index in [-0.39, 0.29) is 0 Å². The Morgan fingerprint density at radius 3 is 0.641 bits per heavy atom. The van der Waals surface area contributed by atoms with Crippen LogP contribution in [-0.4, -0.2) is 18.0 Å². The molecular formula is C38H78N. The molecule has 0 spiro atoms. The summed E-state index contributed by atoms with van der Waals surface area (Å²) in [5.41, 5.74) is 0. The van der Waals surface area contributed by atoms with Gasteiger partial charge in [0.05, 0.1) is 0 Å². The maximum Gasteiger partial charge on any atom is 0.0220 e. The minimum absolute atomic E-state index is 1.29. The average Bonchev–Trinajstić information content (AvgIpc) is 2.95. The van der Waals surface area contributed by atoms with Crippen molar-refractivity contribution in [2.45, 2.75) is 226 Å². The second kappa shape index (κ2) is 36.0. The van der Waals surface area contributed by atoms with Gasteiger partial charge in [0.1, 0.15) is 0 Å². The minimum atomic E-state index is 1.29. The van der Waals surface area contributed by atoms with Crippen molar-refractivity contribution >= 4 is 0 Å². The third-order valence-electron chi connectivity index (χ3n) is 8.96. The fraction of sp³-hybridized carbons (Fsp3) is 0.974. The molecule has 0 aliphatic carbocycles. The molecule has 0 heterocycles. The van der Waals surface area contributed by atoms with Crippen LogP contribution < -0.4 is 0 Å². The highest BCUT2D eigenvalue weighted by atomic mass is 15.1. The van der Waals surface area contributed by atoms with Crippen molar-refractivity contribution in [3.05, 3.63) is 6.54 Å². The highest BCUT2D eigenvalue weighted by molar-refractivity contribution is 4.64. The summed E-state index contributed by atoms with van der Waals surface area (Å²) in [5.74, 6) is 0. The monoisotopic (exact) mass is 549 g/mol. The van der Waals surface area contributed by atoms with Gasteiger partial charge in [-0.1, -0.05) is 206 Å². The number of rotatable bonds is 35. The maximum atomic E-state index is 2.59. The Morgan fingerprint density at radius 2 is 0.462 bits per heavy atom. The lowest BCUT2D eigenvalue weighted by molar-refractivity contribution is 0.316. The Kier molecular flexibility index (Phi) is 35.9. The summed E-state index contributed by atoms with van der Waals surface area (Å²) in [6.45, 7) is 11.8. The van der Waals surface area contributed by atoms with Crippen LogP contribution in [0.4, 0.5) is 0 Å². The van der Waals surface area contributed by atoms with Crippen molar-refractivity contribution in [1.29, 1.82) is 0 Å². The van der Waals surface area contributed by atoms with Gasteiger partial charge in [-0.05, 0) is 32.9 Å². The van der Waals surface area contributed by atoms with Crippen molar-refractivity contribution in [3.8, 4) is 0 Å². The Morgan fingerprint density at radius 1 is 0.282 bits per heavy atom. The molecule has 0 amide bonds. The predicted octanol–water partition coefficient (Wildman–Crippen LogP) is 14.0. The van der Waals surface area contributed by atoms with Gasteiger partial charge in [0.15, 0.2) is 0 Å². The molecule has 0 rings (SSSR count). The molecule has 0 N–H and O–H groups in total. The molecule has 39 heavy (non-hydrogen) atoms. The summed E-state index contributed by atoms with van der Waals surface area (Å²) in [6, 6.07) is 0.